The molecule has 1 N–H and O–H groups in total. The Labute approximate surface area is 160 Å². The molecule has 3 rings (SSSR count). The number of nitrogens with zero attached hydrogens (tertiary/aromatic N) is 1. The zero-order valence-corrected chi connectivity index (χ0v) is 16.1. The maximum atomic E-state index is 12.9. The summed E-state index contributed by atoms with van der Waals surface area (Å²) in [6, 6.07) is 11.5. The fraction of sp³-hybridized carbons (Fsp3) is 0.111. The van der Waals surface area contributed by atoms with Crippen molar-refractivity contribution >= 4 is 43.5 Å². The number of oxazole rings is 1. The summed E-state index contributed by atoms with van der Waals surface area (Å²) in [6.45, 7) is 0. The molecule has 25 heavy (non-hydrogen) atoms. The molecule has 7 heteroatoms. The molecule has 4 nitrogen and oxygen atoms in total. The fourth-order valence-electron chi connectivity index (χ4n) is 2.20. The molecule has 0 aliphatic rings. The third-order valence-corrected chi connectivity index (χ3v) is 4.60. The van der Waals surface area contributed by atoms with Gasteiger partial charge in [0, 0.05) is 27.4 Å². The average Bonchev–Trinajstić information content (AvgIpc) is 3.05. The van der Waals surface area contributed by atoms with Crippen molar-refractivity contribution in [2.75, 3.05) is 5.32 Å². The SMILES string of the molecule is O=C(CCc1ncc(-c2ccc(F)cc2)o1)Nc1ccc(Br)cc1Br. The number of benzene rings is 2. The van der Waals surface area contributed by atoms with Crippen LogP contribution in [0.15, 0.2) is 62.0 Å². The van der Waals surface area contributed by atoms with Crippen LogP contribution in [-0.2, 0) is 11.2 Å². The number of nitrogens with one attached hydrogen (secondary N) is 1. The Kier molecular flexibility index (Phi) is 5.65. The van der Waals surface area contributed by atoms with Crippen LogP contribution in [0.5, 0.6) is 0 Å². The van der Waals surface area contributed by atoms with Crippen molar-refractivity contribution in [3.8, 4) is 11.3 Å². The first-order chi connectivity index (χ1) is 12.0. The summed E-state index contributed by atoms with van der Waals surface area (Å²) in [4.78, 5) is 16.2. The number of rotatable bonds is 5. The van der Waals surface area contributed by atoms with Gasteiger partial charge < -0.3 is 9.73 Å². The molecule has 0 fully saturated rings. The van der Waals surface area contributed by atoms with Gasteiger partial charge in [-0.2, -0.15) is 0 Å². The van der Waals surface area contributed by atoms with E-state index in [1.807, 2.05) is 18.2 Å². The third kappa shape index (κ3) is 4.76. The second-order valence-corrected chi connectivity index (χ2v) is 7.07. The molecule has 0 aliphatic carbocycles. The van der Waals surface area contributed by atoms with Gasteiger partial charge in [0.25, 0.3) is 0 Å². The Hall–Kier alpha value is -1.99. The van der Waals surface area contributed by atoms with E-state index in [0.29, 0.717) is 23.8 Å². The first-order valence-corrected chi connectivity index (χ1v) is 9.05. The predicted octanol–water partition coefficient (Wildman–Crippen LogP) is 5.58. The first kappa shape index (κ1) is 17.8. The molecule has 1 aromatic heterocycles. The van der Waals surface area contributed by atoms with Crippen molar-refractivity contribution in [2.24, 2.45) is 0 Å². The van der Waals surface area contributed by atoms with E-state index in [1.165, 1.54) is 12.1 Å². The van der Waals surface area contributed by atoms with Crippen LogP contribution in [0.4, 0.5) is 10.1 Å². The monoisotopic (exact) mass is 466 g/mol. The third-order valence-electron chi connectivity index (χ3n) is 3.45. The molecule has 0 spiro atoms. The lowest BCUT2D eigenvalue weighted by atomic mass is 10.2. The lowest BCUT2D eigenvalue weighted by Gasteiger charge is -2.07. The second-order valence-electron chi connectivity index (χ2n) is 5.30. The zero-order valence-electron chi connectivity index (χ0n) is 12.9. The van der Waals surface area contributed by atoms with Crippen LogP contribution in [0.1, 0.15) is 12.3 Å². The number of anilines is 1. The summed E-state index contributed by atoms with van der Waals surface area (Å²) in [5.74, 6) is 0.569. The highest BCUT2D eigenvalue weighted by atomic mass is 79.9. The summed E-state index contributed by atoms with van der Waals surface area (Å²) in [7, 11) is 0. The van der Waals surface area contributed by atoms with Crippen molar-refractivity contribution in [1.82, 2.24) is 4.98 Å². The molecule has 0 saturated carbocycles. The average molecular weight is 468 g/mol. The number of carbonyl (C=O) groups is 1. The lowest BCUT2D eigenvalue weighted by molar-refractivity contribution is -0.116. The zero-order chi connectivity index (χ0) is 17.8. The molecule has 128 valence electrons. The molecule has 3 aromatic rings. The summed E-state index contributed by atoms with van der Waals surface area (Å²) < 4.78 is 20.3. The molecule has 1 amide bonds. The van der Waals surface area contributed by atoms with E-state index in [-0.39, 0.29) is 18.1 Å². The van der Waals surface area contributed by atoms with Crippen LogP contribution in [0.2, 0.25) is 0 Å². The fourth-order valence-corrected chi connectivity index (χ4v) is 3.34. The van der Waals surface area contributed by atoms with Gasteiger partial charge in [0.1, 0.15) is 5.82 Å². The molecule has 0 radical (unpaired) electrons. The van der Waals surface area contributed by atoms with Crippen LogP contribution in [0.3, 0.4) is 0 Å². The molecule has 0 bridgehead atoms. The molecular formula is C18H13Br2FN2O2. The van der Waals surface area contributed by atoms with E-state index in [2.05, 4.69) is 42.2 Å². The van der Waals surface area contributed by atoms with Gasteiger partial charge in [0.05, 0.1) is 11.9 Å². The van der Waals surface area contributed by atoms with Gasteiger partial charge in [0.15, 0.2) is 11.7 Å². The van der Waals surface area contributed by atoms with Gasteiger partial charge in [0.2, 0.25) is 5.91 Å². The van der Waals surface area contributed by atoms with Crippen molar-refractivity contribution in [1.29, 1.82) is 0 Å². The summed E-state index contributed by atoms with van der Waals surface area (Å²) in [5.41, 5.74) is 1.44. The number of hydrogen-bond acceptors (Lipinski definition) is 3. The lowest BCUT2D eigenvalue weighted by Crippen LogP contribution is -2.12. The summed E-state index contributed by atoms with van der Waals surface area (Å²) in [6.07, 6.45) is 2.19. The van der Waals surface area contributed by atoms with Gasteiger partial charge in [-0.15, -0.1) is 0 Å². The van der Waals surface area contributed by atoms with Gasteiger partial charge >= 0.3 is 0 Å². The van der Waals surface area contributed by atoms with Crippen molar-refractivity contribution in [2.45, 2.75) is 12.8 Å². The second kappa shape index (κ2) is 7.93. The van der Waals surface area contributed by atoms with Gasteiger partial charge in [-0.25, -0.2) is 9.37 Å². The number of halogens is 3. The molecule has 0 aliphatic heterocycles. The quantitative estimate of drug-likeness (QED) is 0.533. The van der Waals surface area contributed by atoms with Gasteiger partial charge in [-0.1, -0.05) is 15.9 Å². The van der Waals surface area contributed by atoms with Crippen LogP contribution in [-0.4, -0.2) is 10.9 Å². The standard InChI is InChI=1S/C18H13Br2FN2O2/c19-12-3-6-15(14(20)9-12)23-17(24)7-8-18-22-10-16(25-18)11-1-4-13(21)5-2-11/h1-6,9-10H,7-8H2,(H,23,24). The topological polar surface area (TPSA) is 55.1 Å². The van der Waals surface area contributed by atoms with E-state index < -0.39 is 0 Å². The Bertz CT molecular complexity index is 894. The van der Waals surface area contributed by atoms with Crippen LogP contribution in [0.25, 0.3) is 11.3 Å². The first-order valence-electron chi connectivity index (χ1n) is 7.47. The highest BCUT2D eigenvalue weighted by Crippen LogP contribution is 2.26. The minimum atomic E-state index is -0.306. The van der Waals surface area contributed by atoms with Gasteiger partial charge in [-0.3, -0.25) is 4.79 Å². The van der Waals surface area contributed by atoms with E-state index in [0.717, 1.165) is 14.5 Å². The van der Waals surface area contributed by atoms with E-state index in [4.69, 9.17) is 4.42 Å². The molecule has 1 heterocycles. The van der Waals surface area contributed by atoms with Crippen molar-refractivity contribution in [3.05, 3.63) is 69.3 Å². The highest BCUT2D eigenvalue weighted by molar-refractivity contribution is 9.11. The number of carbonyl (C=O) groups excluding carboxylic acids is 1. The summed E-state index contributed by atoms with van der Waals surface area (Å²) >= 11 is 6.77. The van der Waals surface area contributed by atoms with Gasteiger partial charge in [-0.05, 0) is 58.4 Å². The molecule has 0 saturated heterocycles. The molecule has 2 aromatic carbocycles. The Morgan fingerprint density at radius 1 is 1.16 bits per heavy atom. The van der Waals surface area contributed by atoms with Crippen LogP contribution >= 0.6 is 31.9 Å². The maximum absolute atomic E-state index is 12.9. The number of amides is 1. The van der Waals surface area contributed by atoms with Crippen LogP contribution < -0.4 is 5.32 Å². The minimum Gasteiger partial charge on any atom is -0.441 e. The molecule has 0 unspecified atom stereocenters. The number of aryl methyl sites for hydroxylation is 1. The Balaban J connectivity index is 1.58. The largest absolute Gasteiger partial charge is 0.441 e. The molecular weight excluding hydrogens is 455 g/mol. The van der Waals surface area contributed by atoms with E-state index in [9.17, 15) is 9.18 Å². The van der Waals surface area contributed by atoms with Crippen molar-refractivity contribution < 1.29 is 13.6 Å². The van der Waals surface area contributed by atoms with Crippen molar-refractivity contribution in [3.63, 3.8) is 0 Å². The smallest absolute Gasteiger partial charge is 0.224 e. The van der Waals surface area contributed by atoms with E-state index in [1.54, 1.807) is 18.3 Å². The Morgan fingerprint density at radius 2 is 1.92 bits per heavy atom. The highest BCUT2D eigenvalue weighted by Gasteiger charge is 2.10. The molecule has 0 atom stereocenters. The minimum absolute atomic E-state index is 0.135. The maximum Gasteiger partial charge on any atom is 0.224 e. The van der Waals surface area contributed by atoms with E-state index >= 15 is 0 Å². The normalized spacial score (nSPS) is 10.7. The predicted molar refractivity (Wildman–Crippen MR) is 101 cm³/mol. The Morgan fingerprint density at radius 3 is 2.64 bits per heavy atom. The number of hydrogen-bond donors (Lipinski definition) is 1. The number of aromatic nitrogens is 1. The summed E-state index contributed by atoms with van der Waals surface area (Å²) in [5, 5.41) is 2.83. The van der Waals surface area contributed by atoms with Crippen LogP contribution in [0, 0.1) is 5.82 Å².